The van der Waals surface area contributed by atoms with Gasteiger partial charge in [0.1, 0.15) is 0 Å². The summed E-state index contributed by atoms with van der Waals surface area (Å²) in [5.41, 5.74) is 8.59. The first-order chi connectivity index (χ1) is 7.68. The number of rotatable bonds is 2. The van der Waals surface area contributed by atoms with Crippen molar-refractivity contribution >= 4 is 33.1 Å². The largest absolute Gasteiger partial charge is 0.396 e. The molecule has 0 saturated carbocycles. The minimum Gasteiger partial charge on any atom is -0.396 e. The molecule has 1 aromatic heterocycles. The van der Waals surface area contributed by atoms with Crippen molar-refractivity contribution in [1.82, 2.24) is 4.98 Å². The molecule has 1 heterocycles. The third-order valence-corrected chi connectivity index (χ3v) is 3.22. The van der Waals surface area contributed by atoms with Crippen molar-refractivity contribution in [3.05, 3.63) is 46.6 Å². The molecule has 1 aromatic carbocycles. The van der Waals surface area contributed by atoms with Gasteiger partial charge in [0, 0.05) is 16.4 Å². The number of aromatic nitrogens is 1. The number of nitrogens with zero attached hydrogens (tertiary/aromatic N) is 1. The number of nitrogen functional groups attached to an aromatic ring is 1. The lowest BCUT2D eigenvalue weighted by Crippen LogP contribution is -1.99. The summed E-state index contributed by atoms with van der Waals surface area (Å²) in [5.74, 6) is 0.684. The van der Waals surface area contributed by atoms with Gasteiger partial charge >= 0.3 is 0 Å². The molecule has 0 amide bonds. The number of pyridine rings is 1. The van der Waals surface area contributed by atoms with Gasteiger partial charge in [0.05, 0.1) is 5.69 Å². The zero-order chi connectivity index (χ0) is 11.5. The Morgan fingerprint density at radius 2 is 2.06 bits per heavy atom. The molecule has 2 aromatic rings. The van der Waals surface area contributed by atoms with E-state index < -0.39 is 0 Å². The average Bonchev–Trinajstić information content (AvgIpc) is 2.28. The highest BCUT2D eigenvalue weighted by Gasteiger charge is 2.04. The molecule has 0 radical (unpaired) electrons. The first-order valence-corrected chi connectivity index (χ1v) is 5.70. The minimum absolute atomic E-state index is 0.641. The lowest BCUT2D eigenvalue weighted by Gasteiger charge is -2.11. The minimum atomic E-state index is 0.641. The zero-order valence-electron chi connectivity index (χ0n) is 8.87. The molecule has 3 nitrogen and oxygen atoms in total. The van der Waals surface area contributed by atoms with Crippen LogP contribution in [-0.4, -0.2) is 4.98 Å². The van der Waals surface area contributed by atoms with Crippen LogP contribution >= 0.6 is 15.9 Å². The molecule has 82 valence electrons. The van der Waals surface area contributed by atoms with Gasteiger partial charge in [-0.25, -0.2) is 4.98 Å². The van der Waals surface area contributed by atoms with Gasteiger partial charge in [-0.05, 0) is 36.8 Å². The first kappa shape index (κ1) is 11.0. The van der Waals surface area contributed by atoms with Gasteiger partial charge in [0.25, 0.3) is 0 Å². The number of nitrogens with one attached hydrogen (secondary N) is 1. The van der Waals surface area contributed by atoms with E-state index in [-0.39, 0.29) is 0 Å². The van der Waals surface area contributed by atoms with E-state index in [9.17, 15) is 0 Å². The Balaban J connectivity index is 2.35. The van der Waals surface area contributed by atoms with Gasteiger partial charge in [-0.1, -0.05) is 22.0 Å². The number of halogens is 1. The Morgan fingerprint density at radius 1 is 1.25 bits per heavy atom. The van der Waals surface area contributed by atoms with E-state index in [4.69, 9.17) is 5.73 Å². The van der Waals surface area contributed by atoms with E-state index in [1.165, 1.54) is 0 Å². The maximum atomic E-state index is 5.82. The quantitative estimate of drug-likeness (QED) is 0.884. The van der Waals surface area contributed by atoms with Crippen molar-refractivity contribution in [1.29, 1.82) is 0 Å². The van der Waals surface area contributed by atoms with Crippen LogP contribution in [0.1, 0.15) is 5.56 Å². The Morgan fingerprint density at radius 3 is 2.81 bits per heavy atom. The maximum Gasteiger partial charge on any atom is 0.153 e. The Hall–Kier alpha value is -1.55. The van der Waals surface area contributed by atoms with E-state index >= 15 is 0 Å². The molecule has 16 heavy (non-hydrogen) atoms. The standard InChI is InChI=1S/C12H12BrN3/c1-8-9(13)4-2-6-11(8)16-12-10(14)5-3-7-15-12/h2-7H,14H2,1H3,(H,15,16). The van der Waals surface area contributed by atoms with Gasteiger partial charge in [0.2, 0.25) is 0 Å². The Kier molecular flexibility index (Phi) is 3.10. The predicted octanol–water partition coefficient (Wildman–Crippen LogP) is 3.48. The molecule has 0 fully saturated rings. The van der Waals surface area contributed by atoms with Crippen LogP contribution in [0.4, 0.5) is 17.2 Å². The monoisotopic (exact) mass is 277 g/mol. The zero-order valence-corrected chi connectivity index (χ0v) is 10.5. The average molecular weight is 278 g/mol. The highest BCUT2D eigenvalue weighted by Crippen LogP contribution is 2.27. The van der Waals surface area contributed by atoms with Gasteiger partial charge in [0.15, 0.2) is 5.82 Å². The van der Waals surface area contributed by atoms with E-state index in [1.807, 2.05) is 37.3 Å². The van der Waals surface area contributed by atoms with Crippen LogP contribution in [0.3, 0.4) is 0 Å². The summed E-state index contributed by atoms with van der Waals surface area (Å²) < 4.78 is 1.06. The number of anilines is 3. The summed E-state index contributed by atoms with van der Waals surface area (Å²) in [4.78, 5) is 4.19. The Bertz CT molecular complexity index is 511. The molecule has 4 heteroatoms. The highest BCUT2D eigenvalue weighted by molar-refractivity contribution is 9.10. The normalized spacial score (nSPS) is 10.1. The van der Waals surface area contributed by atoms with Crippen molar-refractivity contribution < 1.29 is 0 Å². The fourth-order valence-electron chi connectivity index (χ4n) is 1.39. The van der Waals surface area contributed by atoms with Crippen molar-refractivity contribution in [3.63, 3.8) is 0 Å². The molecule has 3 N–H and O–H groups in total. The van der Waals surface area contributed by atoms with Crippen LogP contribution in [0.25, 0.3) is 0 Å². The molecular formula is C12H12BrN3. The predicted molar refractivity (Wildman–Crippen MR) is 70.8 cm³/mol. The Labute approximate surface area is 103 Å². The molecule has 0 aliphatic rings. The molecule has 0 spiro atoms. The van der Waals surface area contributed by atoms with Crippen LogP contribution in [0.15, 0.2) is 41.0 Å². The number of hydrogen-bond donors (Lipinski definition) is 2. The van der Waals surface area contributed by atoms with Gasteiger partial charge < -0.3 is 11.1 Å². The van der Waals surface area contributed by atoms with Crippen molar-refractivity contribution in [2.75, 3.05) is 11.1 Å². The van der Waals surface area contributed by atoms with Crippen LogP contribution in [-0.2, 0) is 0 Å². The number of nitrogens with two attached hydrogens (primary N) is 1. The molecule has 0 atom stereocenters. The SMILES string of the molecule is Cc1c(Br)cccc1Nc1ncccc1N. The van der Waals surface area contributed by atoms with Crippen molar-refractivity contribution in [2.45, 2.75) is 6.92 Å². The summed E-state index contributed by atoms with van der Waals surface area (Å²) in [6, 6.07) is 9.60. The molecule has 0 bridgehead atoms. The highest BCUT2D eigenvalue weighted by atomic mass is 79.9. The first-order valence-electron chi connectivity index (χ1n) is 4.91. The third-order valence-electron chi connectivity index (χ3n) is 2.36. The van der Waals surface area contributed by atoms with E-state index in [0.29, 0.717) is 11.5 Å². The molecule has 0 aliphatic heterocycles. The smallest absolute Gasteiger partial charge is 0.153 e. The number of hydrogen-bond acceptors (Lipinski definition) is 3. The van der Waals surface area contributed by atoms with Gasteiger partial charge in [-0.3, -0.25) is 0 Å². The van der Waals surface area contributed by atoms with Crippen LogP contribution in [0.5, 0.6) is 0 Å². The van der Waals surface area contributed by atoms with Crippen LogP contribution < -0.4 is 11.1 Å². The number of benzene rings is 1. The summed E-state index contributed by atoms with van der Waals surface area (Å²) in [6.07, 6.45) is 1.71. The molecule has 2 rings (SSSR count). The third kappa shape index (κ3) is 2.17. The molecule has 0 unspecified atom stereocenters. The van der Waals surface area contributed by atoms with E-state index in [0.717, 1.165) is 15.7 Å². The van der Waals surface area contributed by atoms with Gasteiger partial charge in [-0.15, -0.1) is 0 Å². The molecule has 0 saturated heterocycles. The van der Waals surface area contributed by atoms with Gasteiger partial charge in [-0.2, -0.15) is 0 Å². The lowest BCUT2D eigenvalue weighted by molar-refractivity contribution is 1.29. The van der Waals surface area contributed by atoms with E-state index in [1.54, 1.807) is 6.20 Å². The summed E-state index contributed by atoms with van der Waals surface area (Å²) >= 11 is 3.49. The summed E-state index contributed by atoms with van der Waals surface area (Å²) in [5, 5.41) is 3.22. The van der Waals surface area contributed by atoms with Crippen LogP contribution in [0, 0.1) is 6.92 Å². The topological polar surface area (TPSA) is 50.9 Å². The fourth-order valence-corrected chi connectivity index (χ4v) is 1.76. The maximum absolute atomic E-state index is 5.82. The summed E-state index contributed by atoms with van der Waals surface area (Å²) in [6.45, 7) is 2.03. The van der Waals surface area contributed by atoms with E-state index in [2.05, 4.69) is 26.2 Å². The molecular weight excluding hydrogens is 266 g/mol. The second-order valence-electron chi connectivity index (χ2n) is 3.48. The summed E-state index contributed by atoms with van der Waals surface area (Å²) in [7, 11) is 0. The van der Waals surface area contributed by atoms with Crippen molar-refractivity contribution in [2.24, 2.45) is 0 Å². The fraction of sp³-hybridized carbons (Fsp3) is 0.0833. The van der Waals surface area contributed by atoms with Crippen LogP contribution in [0.2, 0.25) is 0 Å². The lowest BCUT2D eigenvalue weighted by atomic mass is 10.2. The second kappa shape index (κ2) is 4.53. The molecule has 0 aliphatic carbocycles. The van der Waals surface area contributed by atoms with Crippen molar-refractivity contribution in [3.8, 4) is 0 Å². The second-order valence-corrected chi connectivity index (χ2v) is 4.33.